The van der Waals surface area contributed by atoms with Gasteiger partial charge >= 0.3 is 0 Å². The lowest BCUT2D eigenvalue weighted by molar-refractivity contribution is 0.868. The van der Waals surface area contributed by atoms with Gasteiger partial charge in [-0.15, -0.1) is 0 Å². The van der Waals surface area contributed by atoms with Gasteiger partial charge in [0.05, 0.1) is 12.2 Å². The highest BCUT2D eigenvalue weighted by Gasteiger charge is 2.07. The summed E-state index contributed by atoms with van der Waals surface area (Å²) in [7, 11) is 0. The van der Waals surface area contributed by atoms with Crippen molar-refractivity contribution in [2.75, 3.05) is 10.6 Å². The highest BCUT2D eigenvalue weighted by molar-refractivity contribution is 5.60. The molecule has 0 fully saturated rings. The Morgan fingerprint density at radius 1 is 0.917 bits per heavy atom. The SMILES string of the molecule is CC(C)c1ccccc1Nc1nccc(NCc2ccccn2)n1. The maximum absolute atomic E-state index is 4.52. The number of benzene rings is 1. The lowest BCUT2D eigenvalue weighted by Crippen LogP contribution is -2.06. The van der Waals surface area contributed by atoms with E-state index in [0.29, 0.717) is 18.4 Å². The number of anilines is 3. The van der Waals surface area contributed by atoms with Crippen molar-refractivity contribution in [1.29, 1.82) is 0 Å². The zero-order valence-corrected chi connectivity index (χ0v) is 13.9. The highest BCUT2D eigenvalue weighted by atomic mass is 15.1. The van der Waals surface area contributed by atoms with Crippen LogP contribution >= 0.6 is 0 Å². The summed E-state index contributed by atoms with van der Waals surface area (Å²) in [6.45, 7) is 4.97. The van der Waals surface area contributed by atoms with Crippen molar-refractivity contribution in [2.24, 2.45) is 0 Å². The van der Waals surface area contributed by atoms with Crippen LogP contribution in [0.3, 0.4) is 0 Å². The number of rotatable bonds is 6. The molecule has 0 aliphatic carbocycles. The van der Waals surface area contributed by atoms with Crippen molar-refractivity contribution in [2.45, 2.75) is 26.3 Å². The van der Waals surface area contributed by atoms with Gasteiger partial charge in [-0.1, -0.05) is 38.1 Å². The summed E-state index contributed by atoms with van der Waals surface area (Å²) in [5, 5.41) is 6.59. The van der Waals surface area contributed by atoms with E-state index in [-0.39, 0.29) is 0 Å². The summed E-state index contributed by atoms with van der Waals surface area (Å²) in [6, 6.07) is 15.9. The molecule has 0 unspecified atom stereocenters. The molecule has 1 aromatic carbocycles. The highest BCUT2D eigenvalue weighted by Crippen LogP contribution is 2.25. The van der Waals surface area contributed by atoms with E-state index in [1.165, 1.54) is 5.56 Å². The smallest absolute Gasteiger partial charge is 0.229 e. The Balaban J connectivity index is 1.72. The molecule has 0 spiro atoms. The van der Waals surface area contributed by atoms with Crippen LogP contribution in [0.4, 0.5) is 17.5 Å². The van der Waals surface area contributed by atoms with Gasteiger partial charge < -0.3 is 10.6 Å². The van der Waals surface area contributed by atoms with Crippen LogP contribution in [0.1, 0.15) is 31.0 Å². The first-order valence-electron chi connectivity index (χ1n) is 8.05. The molecule has 5 nitrogen and oxygen atoms in total. The molecule has 0 aliphatic heterocycles. The van der Waals surface area contributed by atoms with Gasteiger partial charge in [0, 0.05) is 18.1 Å². The first-order chi connectivity index (χ1) is 11.7. The molecule has 5 heteroatoms. The number of hydrogen-bond acceptors (Lipinski definition) is 5. The summed E-state index contributed by atoms with van der Waals surface area (Å²) in [6.07, 6.45) is 3.53. The van der Waals surface area contributed by atoms with Crippen LogP contribution in [-0.2, 0) is 6.54 Å². The maximum Gasteiger partial charge on any atom is 0.229 e. The van der Waals surface area contributed by atoms with Crippen LogP contribution in [0, 0.1) is 0 Å². The van der Waals surface area contributed by atoms with Crippen molar-refractivity contribution < 1.29 is 0 Å². The number of nitrogens with one attached hydrogen (secondary N) is 2. The monoisotopic (exact) mass is 319 g/mol. The largest absolute Gasteiger partial charge is 0.364 e. The van der Waals surface area contributed by atoms with Crippen molar-refractivity contribution in [3.05, 3.63) is 72.2 Å². The number of aromatic nitrogens is 3. The van der Waals surface area contributed by atoms with E-state index in [1.54, 1.807) is 12.4 Å². The first-order valence-corrected chi connectivity index (χ1v) is 8.05. The van der Waals surface area contributed by atoms with Crippen LogP contribution in [-0.4, -0.2) is 15.0 Å². The Morgan fingerprint density at radius 3 is 2.54 bits per heavy atom. The van der Waals surface area contributed by atoms with Gasteiger partial charge in [0.25, 0.3) is 0 Å². The van der Waals surface area contributed by atoms with Crippen LogP contribution < -0.4 is 10.6 Å². The van der Waals surface area contributed by atoms with Crippen LogP contribution in [0.5, 0.6) is 0 Å². The van der Waals surface area contributed by atoms with E-state index in [1.807, 2.05) is 42.5 Å². The topological polar surface area (TPSA) is 62.7 Å². The molecule has 2 N–H and O–H groups in total. The van der Waals surface area contributed by atoms with Gasteiger partial charge in [-0.2, -0.15) is 4.98 Å². The van der Waals surface area contributed by atoms with Gasteiger partial charge in [-0.05, 0) is 35.7 Å². The molecular weight excluding hydrogens is 298 g/mol. The summed E-state index contributed by atoms with van der Waals surface area (Å²) >= 11 is 0. The minimum Gasteiger partial charge on any atom is -0.364 e. The Hall–Kier alpha value is -2.95. The molecule has 2 aromatic heterocycles. The summed E-state index contributed by atoms with van der Waals surface area (Å²) < 4.78 is 0. The van der Waals surface area contributed by atoms with Crippen molar-refractivity contribution in [3.8, 4) is 0 Å². The molecule has 3 aromatic rings. The molecule has 0 saturated heterocycles. The number of para-hydroxylation sites is 1. The fourth-order valence-electron chi connectivity index (χ4n) is 2.44. The number of hydrogen-bond donors (Lipinski definition) is 2. The van der Waals surface area contributed by atoms with Crippen molar-refractivity contribution >= 4 is 17.5 Å². The van der Waals surface area contributed by atoms with Gasteiger partial charge in [0.1, 0.15) is 5.82 Å². The molecule has 0 saturated carbocycles. The van der Waals surface area contributed by atoms with Crippen molar-refractivity contribution in [1.82, 2.24) is 15.0 Å². The second kappa shape index (κ2) is 7.55. The summed E-state index contributed by atoms with van der Waals surface area (Å²) in [4.78, 5) is 13.1. The van der Waals surface area contributed by atoms with Crippen LogP contribution in [0.25, 0.3) is 0 Å². The fourth-order valence-corrected chi connectivity index (χ4v) is 2.44. The second-order valence-corrected chi connectivity index (χ2v) is 5.81. The average Bonchev–Trinajstić information content (AvgIpc) is 2.61. The van der Waals surface area contributed by atoms with E-state index < -0.39 is 0 Å². The third-order valence-corrected chi connectivity index (χ3v) is 3.66. The Labute approximate surface area is 142 Å². The molecule has 24 heavy (non-hydrogen) atoms. The minimum atomic E-state index is 0.430. The molecule has 0 amide bonds. The lowest BCUT2D eigenvalue weighted by atomic mass is 10.0. The third-order valence-electron chi connectivity index (χ3n) is 3.66. The lowest BCUT2D eigenvalue weighted by Gasteiger charge is -2.14. The van der Waals surface area contributed by atoms with Crippen LogP contribution in [0.15, 0.2) is 60.9 Å². The van der Waals surface area contributed by atoms with Crippen molar-refractivity contribution in [3.63, 3.8) is 0 Å². The summed E-state index contributed by atoms with van der Waals surface area (Å²) in [5.74, 6) is 1.77. The van der Waals surface area contributed by atoms with Crippen LogP contribution in [0.2, 0.25) is 0 Å². The third kappa shape index (κ3) is 4.07. The summed E-state index contributed by atoms with van der Waals surface area (Å²) in [5.41, 5.74) is 3.25. The molecule has 0 bridgehead atoms. The average molecular weight is 319 g/mol. The molecule has 0 aliphatic rings. The van der Waals surface area contributed by atoms with E-state index >= 15 is 0 Å². The number of pyridine rings is 1. The van der Waals surface area contributed by atoms with Gasteiger partial charge in [0.2, 0.25) is 5.95 Å². The van der Waals surface area contributed by atoms with E-state index in [0.717, 1.165) is 17.2 Å². The predicted molar refractivity (Wildman–Crippen MR) is 97.4 cm³/mol. The predicted octanol–water partition coefficient (Wildman–Crippen LogP) is 4.35. The fraction of sp³-hybridized carbons (Fsp3) is 0.211. The zero-order chi connectivity index (χ0) is 16.8. The molecule has 0 radical (unpaired) electrons. The maximum atomic E-state index is 4.52. The zero-order valence-electron chi connectivity index (χ0n) is 13.9. The Morgan fingerprint density at radius 2 is 1.75 bits per heavy atom. The van der Waals surface area contributed by atoms with E-state index in [4.69, 9.17) is 0 Å². The second-order valence-electron chi connectivity index (χ2n) is 5.81. The Kier molecular flexibility index (Phi) is 5.01. The van der Waals surface area contributed by atoms with E-state index in [9.17, 15) is 0 Å². The molecule has 0 atom stereocenters. The normalized spacial score (nSPS) is 10.6. The molecular formula is C19H21N5. The first kappa shape index (κ1) is 15.9. The number of nitrogens with zero attached hydrogens (tertiary/aromatic N) is 3. The van der Waals surface area contributed by atoms with Gasteiger partial charge in [0.15, 0.2) is 0 Å². The molecule has 3 rings (SSSR count). The minimum absolute atomic E-state index is 0.430. The van der Waals surface area contributed by atoms with Gasteiger partial charge in [-0.3, -0.25) is 4.98 Å². The van der Waals surface area contributed by atoms with E-state index in [2.05, 4.69) is 45.5 Å². The molecule has 2 heterocycles. The standard InChI is InChI=1S/C19H21N5/c1-14(2)16-8-3-4-9-17(16)23-19-21-12-10-18(24-19)22-13-15-7-5-6-11-20-15/h3-12,14H,13H2,1-2H3,(H2,21,22,23,24). The molecule has 122 valence electrons. The van der Waals surface area contributed by atoms with Gasteiger partial charge in [-0.25, -0.2) is 4.98 Å². The Bertz CT molecular complexity index is 787. The quantitative estimate of drug-likeness (QED) is 0.707.